The molecule has 6 heteroatoms. The van der Waals surface area contributed by atoms with Gasteiger partial charge in [0.15, 0.2) is 0 Å². The fourth-order valence-electron chi connectivity index (χ4n) is 2.40. The van der Waals surface area contributed by atoms with Crippen LogP contribution in [-0.4, -0.2) is 17.0 Å². The van der Waals surface area contributed by atoms with Crippen LogP contribution in [0.5, 0.6) is 0 Å². The number of hydrogen-bond donors (Lipinski definition) is 2. The third-order valence-corrected chi connectivity index (χ3v) is 4.92. The third kappa shape index (κ3) is 4.96. The number of hydrogen-bond acceptors (Lipinski definition) is 3. The molecule has 0 saturated carbocycles. The summed E-state index contributed by atoms with van der Waals surface area (Å²) in [5.74, 6) is -1.45. The summed E-state index contributed by atoms with van der Waals surface area (Å²) >= 11 is 7.25. The maximum absolute atomic E-state index is 12.4. The van der Waals surface area contributed by atoms with Crippen molar-refractivity contribution in [3.05, 3.63) is 75.6 Å². The number of amides is 1. The molecule has 3 aromatic rings. The summed E-state index contributed by atoms with van der Waals surface area (Å²) in [6, 6.07) is 14.0. The van der Waals surface area contributed by atoms with Gasteiger partial charge in [-0.05, 0) is 36.8 Å². The van der Waals surface area contributed by atoms with Crippen molar-refractivity contribution in [3.63, 3.8) is 0 Å². The van der Waals surface area contributed by atoms with E-state index in [1.165, 1.54) is 11.3 Å². The number of aromatic carboxylic acids is 1. The van der Waals surface area contributed by atoms with Gasteiger partial charge in [-0.3, -0.25) is 4.79 Å². The topological polar surface area (TPSA) is 66.4 Å². The highest BCUT2D eigenvalue weighted by molar-refractivity contribution is 7.14. The monoisotopic (exact) mass is 401 g/mol. The van der Waals surface area contributed by atoms with Gasteiger partial charge in [0.25, 0.3) is 5.91 Å². The van der Waals surface area contributed by atoms with E-state index in [0.717, 1.165) is 5.56 Å². The van der Waals surface area contributed by atoms with Crippen LogP contribution in [0.15, 0.2) is 53.9 Å². The lowest BCUT2D eigenvalue weighted by Crippen LogP contribution is -2.14. The molecule has 0 saturated heterocycles. The van der Waals surface area contributed by atoms with E-state index in [4.69, 9.17) is 11.6 Å². The fourth-order valence-corrected chi connectivity index (χ4v) is 3.58. The molecule has 27 heavy (non-hydrogen) atoms. The van der Waals surface area contributed by atoms with E-state index < -0.39 is 5.97 Å². The molecule has 2 aromatic carbocycles. The quantitative estimate of drug-likeness (QED) is 0.535. The summed E-state index contributed by atoms with van der Waals surface area (Å²) in [6.45, 7) is 5.93. The first-order valence-electron chi connectivity index (χ1n) is 8.44. The van der Waals surface area contributed by atoms with Crippen molar-refractivity contribution in [1.82, 2.24) is 0 Å². The largest absolute Gasteiger partial charge is 0.478 e. The maximum atomic E-state index is 12.4. The second-order valence-corrected chi connectivity index (χ2v) is 6.81. The number of carbonyl (C=O) groups is 2. The molecular weight excluding hydrogens is 382 g/mol. The molecule has 0 fully saturated rings. The van der Waals surface area contributed by atoms with Gasteiger partial charge in [0.05, 0.1) is 10.6 Å². The minimum Gasteiger partial charge on any atom is -0.478 e. The predicted octanol–water partition coefficient (Wildman–Crippen LogP) is 6.35. The molecule has 0 aliphatic heterocycles. The van der Waals surface area contributed by atoms with Gasteiger partial charge in [0.2, 0.25) is 0 Å². The number of carboxylic acid groups (broad SMARTS) is 1. The minimum absolute atomic E-state index is 0.0627. The van der Waals surface area contributed by atoms with E-state index in [2.05, 4.69) is 5.32 Å². The van der Waals surface area contributed by atoms with Crippen LogP contribution in [-0.2, 0) is 0 Å². The molecule has 1 aromatic heterocycles. The molecule has 2 N–H and O–H groups in total. The van der Waals surface area contributed by atoms with E-state index in [9.17, 15) is 14.7 Å². The molecule has 1 heterocycles. The molecule has 0 spiro atoms. The van der Waals surface area contributed by atoms with Crippen molar-refractivity contribution >= 4 is 40.5 Å². The molecule has 0 atom stereocenters. The molecule has 140 valence electrons. The van der Waals surface area contributed by atoms with Crippen LogP contribution >= 0.6 is 22.9 Å². The number of thiophene rings is 1. The zero-order valence-electron chi connectivity index (χ0n) is 15.2. The van der Waals surface area contributed by atoms with Crippen molar-refractivity contribution < 1.29 is 14.7 Å². The predicted molar refractivity (Wildman–Crippen MR) is 112 cm³/mol. The summed E-state index contributed by atoms with van der Waals surface area (Å²) in [5.41, 5.74) is 2.55. The van der Waals surface area contributed by atoms with Crippen molar-refractivity contribution in [2.75, 3.05) is 5.32 Å². The fraction of sp³-hybridized carbons (Fsp3) is 0.143. The number of carbonyl (C=O) groups excluding carboxylic acids is 1. The number of rotatable bonds is 4. The van der Waals surface area contributed by atoms with Gasteiger partial charge in [0.1, 0.15) is 5.56 Å². The highest BCUT2D eigenvalue weighted by Crippen LogP contribution is 2.37. The smallest absolute Gasteiger partial charge is 0.339 e. The summed E-state index contributed by atoms with van der Waals surface area (Å²) in [6.07, 6.45) is 0. The molecule has 0 bridgehead atoms. The van der Waals surface area contributed by atoms with Crippen molar-refractivity contribution in [2.45, 2.75) is 20.8 Å². The highest BCUT2D eigenvalue weighted by Gasteiger charge is 2.21. The Morgan fingerprint density at radius 1 is 1.07 bits per heavy atom. The number of benzene rings is 2. The maximum Gasteiger partial charge on any atom is 0.339 e. The molecule has 0 aliphatic rings. The van der Waals surface area contributed by atoms with E-state index in [1.54, 1.807) is 41.8 Å². The third-order valence-electron chi connectivity index (χ3n) is 3.65. The van der Waals surface area contributed by atoms with Gasteiger partial charge in [-0.1, -0.05) is 55.3 Å². The lowest BCUT2D eigenvalue weighted by molar-refractivity contribution is 0.0699. The number of nitrogens with one attached hydrogen (secondary N) is 1. The zero-order valence-corrected chi connectivity index (χ0v) is 16.8. The zero-order chi connectivity index (χ0) is 20.0. The van der Waals surface area contributed by atoms with Crippen LogP contribution in [0.3, 0.4) is 0 Å². The molecule has 4 nitrogen and oxygen atoms in total. The molecule has 0 aliphatic carbocycles. The Hall–Kier alpha value is -2.63. The van der Waals surface area contributed by atoms with Gasteiger partial charge in [-0.25, -0.2) is 4.79 Å². The van der Waals surface area contributed by atoms with E-state index in [-0.39, 0.29) is 17.2 Å². The Morgan fingerprint density at radius 2 is 1.74 bits per heavy atom. The van der Waals surface area contributed by atoms with Crippen LogP contribution < -0.4 is 5.32 Å². The minimum atomic E-state index is -1.10. The number of anilines is 1. The summed E-state index contributed by atoms with van der Waals surface area (Å²) in [4.78, 5) is 24.7. The Morgan fingerprint density at radius 3 is 2.33 bits per heavy atom. The summed E-state index contributed by atoms with van der Waals surface area (Å²) < 4.78 is 0. The molecule has 1 amide bonds. The number of halogens is 1. The second kappa shape index (κ2) is 9.35. The standard InChI is InChI=1S/C19H14ClNO3S.C2H6/c1-11-5-7-12(8-6-11)18(22)21-15-10-25-17(16(15)19(23)24)13-3-2-4-14(20)9-13;1-2/h2-10H,1H3,(H,21,22)(H,23,24);1-2H3. The van der Waals surface area contributed by atoms with Crippen LogP contribution in [0.4, 0.5) is 5.69 Å². The normalized spacial score (nSPS) is 9.93. The molecule has 3 rings (SSSR count). The van der Waals surface area contributed by atoms with Crippen LogP contribution in [0, 0.1) is 6.92 Å². The Labute approximate surface area is 167 Å². The van der Waals surface area contributed by atoms with E-state index >= 15 is 0 Å². The first kappa shape index (κ1) is 20.7. The van der Waals surface area contributed by atoms with Gasteiger partial charge in [-0.2, -0.15) is 0 Å². The van der Waals surface area contributed by atoms with Crippen LogP contribution in [0.2, 0.25) is 5.02 Å². The van der Waals surface area contributed by atoms with Crippen molar-refractivity contribution in [3.8, 4) is 10.4 Å². The Bertz CT molecular complexity index is 948. The Balaban J connectivity index is 0.00000126. The van der Waals surface area contributed by atoms with Gasteiger partial charge in [0, 0.05) is 16.0 Å². The van der Waals surface area contributed by atoms with Crippen molar-refractivity contribution in [1.29, 1.82) is 0 Å². The average Bonchev–Trinajstić information content (AvgIpc) is 3.08. The molecule has 0 radical (unpaired) electrons. The molecule has 0 unspecified atom stereocenters. The lowest BCUT2D eigenvalue weighted by atomic mass is 10.1. The number of aryl methyl sites for hydroxylation is 1. The first-order chi connectivity index (χ1) is 13.0. The van der Waals surface area contributed by atoms with Crippen LogP contribution in [0.25, 0.3) is 10.4 Å². The molecular formula is C21H20ClNO3S. The SMILES string of the molecule is CC.Cc1ccc(C(=O)Nc2csc(-c3cccc(Cl)c3)c2C(=O)O)cc1. The summed E-state index contributed by atoms with van der Waals surface area (Å²) in [7, 11) is 0. The van der Waals surface area contributed by atoms with Crippen molar-refractivity contribution in [2.24, 2.45) is 0 Å². The van der Waals surface area contributed by atoms with E-state index in [1.807, 2.05) is 32.9 Å². The highest BCUT2D eigenvalue weighted by atomic mass is 35.5. The van der Waals surface area contributed by atoms with Crippen LogP contribution in [0.1, 0.15) is 40.1 Å². The van der Waals surface area contributed by atoms with Gasteiger partial charge in [-0.15, -0.1) is 11.3 Å². The first-order valence-corrected chi connectivity index (χ1v) is 9.70. The second-order valence-electron chi connectivity index (χ2n) is 5.49. The Kier molecular flexibility index (Phi) is 7.16. The van der Waals surface area contributed by atoms with Gasteiger partial charge >= 0.3 is 5.97 Å². The van der Waals surface area contributed by atoms with E-state index in [0.29, 0.717) is 21.0 Å². The average molecular weight is 402 g/mol. The summed E-state index contributed by atoms with van der Waals surface area (Å²) in [5, 5.41) is 14.4. The number of carboxylic acids is 1. The lowest BCUT2D eigenvalue weighted by Gasteiger charge is -2.07. The van der Waals surface area contributed by atoms with Gasteiger partial charge < -0.3 is 10.4 Å².